The number of hydrogen-bond donors (Lipinski definition) is 1. The van der Waals surface area contributed by atoms with Crippen LogP contribution < -0.4 is 10.1 Å². The summed E-state index contributed by atoms with van der Waals surface area (Å²) in [5.74, 6) is 0.202. The van der Waals surface area contributed by atoms with E-state index in [9.17, 15) is 13.2 Å². The molecule has 1 aliphatic rings. The Kier molecular flexibility index (Phi) is 5.69. The minimum absolute atomic E-state index is 0.0781. The Hall–Kier alpha value is -2.98. The maximum Gasteiger partial charge on any atom is 0.260 e. The molecule has 0 bridgehead atoms. The first-order valence-corrected chi connectivity index (χ1v) is 11.2. The van der Waals surface area contributed by atoms with E-state index in [1.54, 1.807) is 24.5 Å². The molecule has 0 unspecified atom stereocenters. The van der Waals surface area contributed by atoms with Crippen molar-refractivity contribution < 1.29 is 17.9 Å². The van der Waals surface area contributed by atoms with Crippen LogP contribution >= 0.6 is 0 Å². The Bertz CT molecular complexity index is 1170. The van der Waals surface area contributed by atoms with Gasteiger partial charge in [0, 0.05) is 25.4 Å². The maximum atomic E-state index is 13.1. The number of ether oxygens (including phenoxy) is 1. The normalized spacial score (nSPS) is 15.6. The van der Waals surface area contributed by atoms with Crippen molar-refractivity contribution in [1.82, 2.24) is 18.9 Å². The second kappa shape index (κ2) is 8.41. The highest BCUT2D eigenvalue weighted by Gasteiger charge is 2.27. The van der Waals surface area contributed by atoms with E-state index >= 15 is 0 Å². The molecule has 1 aromatic carbocycles. The SMILES string of the molecule is COc1ccc(S(=O)(=O)N2CCCCCC2)cc1C(=O)Nc1ccnc2ccnn12. The van der Waals surface area contributed by atoms with E-state index < -0.39 is 15.9 Å². The molecule has 0 radical (unpaired) electrons. The number of methoxy groups -OCH3 is 1. The standard InChI is InChI=1S/C20H23N5O4S/c1-29-17-7-6-15(30(27,28)24-12-4-2-3-5-13-24)14-16(17)20(26)23-19-8-10-21-18-9-11-22-25(18)19/h6-11,14H,2-5,12-13H2,1H3,(H,23,26). The number of rotatable bonds is 5. The average molecular weight is 430 g/mol. The van der Waals surface area contributed by atoms with Crippen LogP contribution in [0.2, 0.25) is 0 Å². The van der Waals surface area contributed by atoms with Crippen LogP contribution in [0.4, 0.5) is 5.82 Å². The van der Waals surface area contributed by atoms with Crippen molar-refractivity contribution in [2.75, 3.05) is 25.5 Å². The van der Waals surface area contributed by atoms with Crippen LogP contribution in [-0.2, 0) is 10.0 Å². The van der Waals surface area contributed by atoms with E-state index in [0.29, 0.717) is 24.6 Å². The predicted molar refractivity (Wildman–Crippen MR) is 111 cm³/mol. The molecule has 1 fully saturated rings. The van der Waals surface area contributed by atoms with E-state index in [0.717, 1.165) is 25.7 Å². The number of carbonyl (C=O) groups excluding carboxylic acids is 1. The molecule has 1 aliphatic heterocycles. The van der Waals surface area contributed by atoms with Crippen molar-refractivity contribution in [3.05, 3.63) is 48.3 Å². The lowest BCUT2D eigenvalue weighted by atomic mass is 10.2. The third-order valence-electron chi connectivity index (χ3n) is 5.15. The molecule has 10 heteroatoms. The van der Waals surface area contributed by atoms with Gasteiger partial charge in [-0.15, -0.1) is 0 Å². The Labute approximate surface area is 174 Å². The van der Waals surface area contributed by atoms with Crippen molar-refractivity contribution in [2.24, 2.45) is 0 Å². The lowest BCUT2D eigenvalue weighted by molar-refractivity contribution is 0.102. The summed E-state index contributed by atoms with van der Waals surface area (Å²) in [6.07, 6.45) is 6.86. The number of benzene rings is 1. The van der Waals surface area contributed by atoms with Crippen LogP contribution in [0.1, 0.15) is 36.0 Å². The highest BCUT2D eigenvalue weighted by Crippen LogP contribution is 2.27. The molecule has 0 saturated carbocycles. The number of hydrogen-bond acceptors (Lipinski definition) is 6. The van der Waals surface area contributed by atoms with E-state index in [2.05, 4.69) is 15.4 Å². The summed E-state index contributed by atoms with van der Waals surface area (Å²) in [4.78, 5) is 17.2. The lowest BCUT2D eigenvalue weighted by Gasteiger charge is -2.20. The van der Waals surface area contributed by atoms with Crippen molar-refractivity contribution in [1.29, 1.82) is 0 Å². The zero-order valence-corrected chi connectivity index (χ0v) is 17.4. The van der Waals surface area contributed by atoms with Gasteiger partial charge < -0.3 is 10.1 Å². The number of nitrogens with zero attached hydrogens (tertiary/aromatic N) is 4. The van der Waals surface area contributed by atoms with Gasteiger partial charge in [0.05, 0.1) is 23.8 Å². The monoisotopic (exact) mass is 429 g/mol. The van der Waals surface area contributed by atoms with Crippen molar-refractivity contribution >= 4 is 27.4 Å². The number of nitrogens with one attached hydrogen (secondary N) is 1. The third kappa shape index (κ3) is 3.88. The van der Waals surface area contributed by atoms with Gasteiger partial charge >= 0.3 is 0 Å². The van der Waals surface area contributed by atoms with Crippen LogP contribution in [-0.4, -0.2) is 53.4 Å². The number of anilines is 1. The fraction of sp³-hybridized carbons (Fsp3) is 0.350. The fourth-order valence-electron chi connectivity index (χ4n) is 3.57. The molecule has 4 rings (SSSR count). The van der Waals surface area contributed by atoms with Crippen molar-refractivity contribution in [2.45, 2.75) is 30.6 Å². The van der Waals surface area contributed by atoms with Gasteiger partial charge in [0.2, 0.25) is 10.0 Å². The average Bonchev–Trinajstić information content (AvgIpc) is 3.07. The summed E-state index contributed by atoms with van der Waals surface area (Å²) in [5, 5.41) is 6.90. The minimum atomic E-state index is -3.69. The van der Waals surface area contributed by atoms with Gasteiger partial charge in [-0.25, -0.2) is 13.4 Å². The highest BCUT2D eigenvalue weighted by atomic mass is 32.2. The second-order valence-electron chi connectivity index (χ2n) is 7.07. The Morgan fingerprint density at radius 1 is 1.07 bits per heavy atom. The quantitative estimate of drug-likeness (QED) is 0.668. The van der Waals surface area contributed by atoms with E-state index in [-0.39, 0.29) is 16.2 Å². The van der Waals surface area contributed by atoms with Crippen LogP contribution in [0.25, 0.3) is 5.65 Å². The summed E-state index contributed by atoms with van der Waals surface area (Å²) in [6.45, 7) is 0.981. The van der Waals surface area contributed by atoms with Gasteiger partial charge in [0.25, 0.3) is 5.91 Å². The van der Waals surface area contributed by atoms with Crippen LogP contribution in [0.5, 0.6) is 5.75 Å². The number of sulfonamides is 1. The van der Waals surface area contributed by atoms with E-state index in [1.807, 2.05) is 0 Å². The van der Waals surface area contributed by atoms with Gasteiger partial charge in [0.15, 0.2) is 5.65 Å². The molecule has 1 amide bonds. The number of fused-ring (bicyclic) bond motifs is 1. The topological polar surface area (TPSA) is 106 Å². The zero-order chi connectivity index (χ0) is 21.1. The lowest BCUT2D eigenvalue weighted by Crippen LogP contribution is -2.32. The molecule has 0 aliphatic carbocycles. The van der Waals surface area contributed by atoms with E-state index in [4.69, 9.17) is 4.74 Å². The predicted octanol–water partition coefficient (Wildman–Crippen LogP) is 2.55. The maximum absolute atomic E-state index is 13.1. The van der Waals surface area contributed by atoms with Gasteiger partial charge in [0.1, 0.15) is 11.6 Å². The Morgan fingerprint density at radius 2 is 1.83 bits per heavy atom. The molecule has 0 atom stereocenters. The first-order valence-electron chi connectivity index (χ1n) is 9.79. The van der Waals surface area contributed by atoms with Gasteiger partial charge in [-0.05, 0) is 37.1 Å². The molecule has 3 heterocycles. The largest absolute Gasteiger partial charge is 0.496 e. The van der Waals surface area contributed by atoms with Gasteiger partial charge in [-0.3, -0.25) is 4.79 Å². The van der Waals surface area contributed by atoms with Gasteiger partial charge in [-0.2, -0.15) is 13.9 Å². The fourth-order valence-corrected chi connectivity index (χ4v) is 5.11. The smallest absolute Gasteiger partial charge is 0.260 e. The molecule has 1 saturated heterocycles. The molecule has 30 heavy (non-hydrogen) atoms. The molecular formula is C20H23N5O4S. The first kappa shape index (κ1) is 20.3. The Balaban J connectivity index is 1.67. The minimum Gasteiger partial charge on any atom is -0.496 e. The summed E-state index contributed by atoms with van der Waals surface area (Å²) in [6, 6.07) is 7.69. The van der Waals surface area contributed by atoms with E-state index in [1.165, 1.54) is 34.1 Å². The summed E-state index contributed by atoms with van der Waals surface area (Å²) >= 11 is 0. The zero-order valence-electron chi connectivity index (χ0n) is 16.6. The highest BCUT2D eigenvalue weighted by molar-refractivity contribution is 7.89. The molecule has 1 N–H and O–H groups in total. The first-order chi connectivity index (χ1) is 14.5. The van der Waals surface area contributed by atoms with Crippen LogP contribution in [0, 0.1) is 0 Å². The summed E-state index contributed by atoms with van der Waals surface area (Å²) in [7, 11) is -2.26. The van der Waals surface area contributed by atoms with Gasteiger partial charge in [-0.1, -0.05) is 12.8 Å². The summed E-state index contributed by atoms with van der Waals surface area (Å²) < 4.78 is 34.6. The number of aromatic nitrogens is 3. The molecular weight excluding hydrogens is 406 g/mol. The van der Waals surface area contributed by atoms with Crippen molar-refractivity contribution in [3.8, 4) is 5.75 Å². The molecule has 2 aromatic heterocycles. The van der Waals surface area contributed by atoms with Crippen molar-refractivity contribution in [3.63, 3.8) is 0 Å². The number of amides is 1. The molecule has 3 aromatic rings. The molecule has 0 spiro atoms. The molecule has 9 nitrogen and oxygen atoms in total. The summed E-state index contributed by atoms with van der Waals surface area (Å²) in [5.41, 5.74) is 0.711. The van der Waals surface area contributed by atoms with Crippen LogP contribution in [0.15, 0.2) is 47.6 Å². The van der Waals surface area contributed by atoms with Crippen LogP contribution in [0.3, 0.4) is 0 Å². The molecule has 158 valence electrons. The number of carbonyl (C=O) groups is 1. The Morgan fingerprint density at radius 3 is 2.57 bits per heavy atom. The second-order valence-corrected chi connectivity index (χ2v) is 9.00. The third-order valence-corrected chi connectivity index (χ3v) is 7.04.